The van der Waals surface area contributed by atoms with Crippen LogP contribution in [0.1, 0.15) is 34.6 Å². The summed E-state index contributed by atoms with van der Waals surface area (Å²) in [6.07, 6.45) is 1.71. The van der Waals surface area contributed by atoms with Gasteiger partial charge in [-0.25, -0.2) is 4.98 Å². The van der Waals surface area contributed by atoms with Gasteiger partial charge in [0.05, 0.1) is 17.8 Å². The number of pyridine rings is 1. The number of aromatic nitrogens is 1. The SMILES string of the molecule is CCOc1cc(B2OC(C)(C)C(C)(C)O2)c(Br)cn1. The van der Waals surface area contributed by atoms with Crippen LogP contribution in [0.25, 0.3) is 0 Å². The zero-order chi connectivity index (χ0) is 14.3. The molecule has 1 aliphatic heterocycles. The summed E-state index contributed by atoms with van der Waals surface area (Å²) < 4.78 is 18.3. The molecule has 1 fully saturated rings. The average molecular weight is 328 g/mol. The van der Waals surface area contributed by atoms with Crippen LogP contribution in [0.5, 0.6) is 5.88 Å². The molecule has 0 aliphatic carbocycles. The van der Waals surface area contributed by atoms with Crippen LogP contribution in [0.4, 0.5) is 0 Å². The summed E-state index contributed by atoms with van der Waals surface area (Å²) in [5, 5.41) is 0. The second-order valence-corrected chi connectivity index (χ2v) is 6.42. The molecule has 1 saturated heterocycles. The first kappa shape index (κ1) is 14.8. The number of hydrogen-bond donors (Lipinski definition) is 0. The molecule has 0 spiro atoms. The quantitative estimate of drug-likeness (QED) is 0.800. The van der Waals surface area contributed by atoms with Crippen molar-refractivity contribution >= 4 is 28.5 Å². The van der Waals surface area contributed by atoms with Crippen LogP contribution in [0.2, 0.25) is 0 Å². The van der Waals surface area contributed by atoms with Gasteiger partial charge >= 0.3 is 7.12 Å². The monoisotopic (exact) mass is 327 g/mol. The van der Waals surface area contributed by atoms with Crippen LogP contribution in [0.3, 0.4) is 0 Å². The molecule has 19 heavy (non-hydrogen) atoms. The molecular formula is C13H19BBrNO3. The van der Waals surface area contributed by atoms with Crippen LogP contribution in [-0.2, 0) is 9.31 Å². The summed E-state index contributed by atoms with van der Waals surface area (Å²) in [5.74, 6) is 0.579. The van der Waals surface area contributed by atoms with Gasteiger partial charge in [-0.15, -0.1) is 0 Å². The highest BCUT2D eigenvalue weighted by Gasteiger charge is 2.52. The van der Waals surface area contributed by atoms with E-state index in [1.165, 1.54) is 0 Å². The molecule has 4 nitrogen and oxygen atoms in total. The summed E-state index contributed by atoms with van der Waals surface area (Å²) in [5.41, 5.74) is 0.190. The van der Waals surface area contributed by atoms with Gasteiger partial charge in [-0.1, -0.05) is 0 Å². The summed E-state index contributed by atoms with van der Waals surface area (Å²) in [6, 6.07) is 1.86. The Hall–Kier alpha value is -0.585. The topological polar surface area (TPSA) is 40.6 Å². The molecule has 1 aliphatic rings. The highest BCUT2D eigenvalue weighted by Crippen LogP contribution is 2.37. The maximum absolute atomic E-state index is 6.03. The summed E-state index contributed by atoms with van der Waals surface area (Å²) in [4.78, 5) is 4.19. The molecule has 0 aromatic carbocycles. The Morgan fingerprint density at radius 3 is 2.37 bits per heavy atom. The van der Waals surface area contributed by atoms with Crippen molar-refractivity contribution in [1.82, 2.24) is 4.98 Å². The van der Waals surface area contributed by atoms with E-state index in [0.717, 1.165) is 9.94 Å². The molecule has 6 heteroatoms. The van der Waals surface area contributed by atoms with Gasteiger partial charge < -0.3 is 14.0 Å². The summed E-state index contributed by atoms with van der Waals surface area (Å²) >= 11 is 3.49. The first-order chi connectivity index (χ1) is 8.77. The highest BCUT2D eigenvalue weighted by molar-refractivity contribution is 9.10. The minimum atomic E-state index is -0.415. The van der Waals surface area contributed by atoms with Crippen molar-refractivity contribution in [3.63, 3.8) is 0 Å². The van der Waals surface area contributed by atoms with Crippen molar-refractivity contribution < 1.29 is 14.0 Å². The number of ether oxygens (including phenoxy) is 1. The maximum Gasteiger partial charge on any atom is 0.496 e. The fourth-order valence-electron chi connectivity index (χ4n) is 1.81. The molecule has 104 valence electrons. The fourth-order valence-corrected chi connectivity index (χ4v) is 2.22. The van der Waals surface area contributed by atoms with E-state index in [0.29, 0.717) is 12.5 Å². The van der Waals surface area contributed by atoms with Crippen LogP contribution < -0.4 is 10.2 Å². The number of halogens is 1. The van der Waals surface area contributed by atoms with Crippen molar-refractivity contribution in [1.29, 1.82) is 0 Å². The predicted octanol–water partition coefficient (Wildman–Crippen LogP) is 2.54. The van der Waals surface area contributed by atoms with E-state index in [1.54, 1.807) is 6.20 Å². The third kappa shape index (κ3) is 2.80. The van der Waals surface area contributed by atoms with E-state index in [4.69, 9.17) is 14.0 Å². The van der Waals surface area contributed by atoms with Crippen LogP contribution in [0.15, 0.2) is 16.7 Å². The molecule has 0 bridgehead atoms. The Balaban J connectivity index is 2.31. The Bertz CT molecular complexity index is 463. The normalized spacial score (nSPS) is 20.6. The van der Waals surface area contributed by atoms with Crippen molar-refractivity contribution in [3.05, 3.63) is 16.7 Å². The van der Waals surface area contributed by atoms with E-state index < -0.39 is 7.12 Å². The third-order valence-corrected chi connectivity index (χ3v) is 4.32. The third-order valence-electron chi connectivity index (χ3n) is 3.66. The largest absolute Gasteiger partial charge is 0.496 e. The first-order valence-corrected chi connectivity index (χ1v) is 7.20. The van der Waals surface area contributed by atoms with E-state index in [-0.39, 0.29) is 11.2 Å². The van der Waals surface area contributed by atoms with Crippen molar-refractivity contribution in [2.24, 2.45) is 0 Å². The lowest BCUT2D eigenvalue weighted by atomic mass is 9.80. The molecule has 1 aromatic heterocycles. The number of nitrogens with zero attached hydrogens (tertiary/aromatic N) is 1. The lowest BCUT2D eigenvalue weighted by Gasteiger charge is -2.32. The van der Waals surface area contributed by atoms with Crippen molar-refractivity contribution in [2.75, 3.05) is 6.61 Å². The molecule has 0 amide bonds. The zero-order valence-corrected chi connectivity index (χ0v) is 13.6. The van der Waals surface area contributed by atoms with Crippen molar-refractivity contribution in [2.45, 2.75) is 45.8 Å². The minimum Gasteiger partial charge on any atom is -0.478 e. The van der Waals surface area contributed by atoms with Crippen LogP contribution in [-0.4, -0.2) is 29.9 Å². The molecule has 0 atom stereocenters. The Kier molecular flexibility index (Phi) is 3.96. The zero-order valence-electron chi connectivity index (χ0n) is 12.0. The summed E-state index contributed by atoms with van der Waals surface area (Å²) in [6.45, 7) is 10.6. The van der Waals surface area contributed by atoms with Crippen LogP contribution >= 0.6 is 15.9 Å². The lowest BCUT2D eigenvalue weighted by molar-refractivity contribution is 0.00578. The Morgan fingerprint density at radius 2 is 1.84 bits per heavy atom. The fraction of sp³-hybridized carbons (Fsp3) is 0.615. The second kappa shape index (κ2) is 5.07. The molecule has 2 heterocycles. The van der Waals surface area contributed by atoms with Gasteiger partial charge in [0.15, 0.2) is 0 Å². The molecule has 0 N–H and O–H groups in total. The standard InChI is InChI=1S/C13H19BBrNO3/c1-6-17-11-7-9(10(15)8-16-11)14-18-12(2,3)13(4,5)19-14/h7-8H,6H2,1-5H3. The first-order valence-electron chi connectivity index (χ1n) is 6.41. The van der Waals surface area contributed by atoms with Gasteiger partial charge in [0, 0.05) is 22.2 Å². The lowest BCUT2D eigenvalue weighted by Crippen LogP contribution is -2.41. The number of hydrogen-bond acceptors (Lipinski definition) is 4. The van der Waals surface area contributed by atoms with Gasteiger partial charge in [0.2, 0.25) is 5.88 Å². The minimum absolute atomic E-state index is 0.355. The highest BCUT2D eigenvalue weighted by atomic mass is 79.9. The van der Waals surface area contributed by atoms with Gasteiger partial charge in [0.1, 0.15) is 0 Å². The Morgan fingerprint density at radius 1 is 1.26 bits per heavy atom. The second-order valence-electron chi connectivity index (χ2n) is 5.57. The van der Waals surface area contributed by atoms with Crippen LogP contribution in [0, 0.1) is 0 Å². The molecular weight excluding hydrogens is 309 g/mol. The molecule has 0 saturated carbocycles. The molecule has 0 radical (unpaired) electrons. The van der Waals surface area contributed by atoms with Gasteiger partial charge in [-0.2, -0.15) is 0 Å². The van der Waals surface area contributed by atoms with Gasteiger partial charge in [-0.3, -0.25) is 0 Å². The smallest absolute Gasteiger partial charge is 0.478 e. The van der Waals surface area contributed by atoms with E-state index in [9.17, 15) is 0 Å². The predicted molar refractivity (Wildman–Crippen MR) is 78.8 cm³/mol. The van der Waals surface area contributed by atoms with E-state index in [2.05, 4.69) is 20.9 Å². The van der Waals surface area contributed by atoms with E-state index >= 15 is 0 Å². The van der Waals surface area contributed by atoms with Gasteiger partial charge in [-0.05, 0) is 50.5 Å². The number of rotatable bonds is 3. The van der Waals surface area contributed by atoms with Crippen molar-refractivity contribution in [3.8, 4) is 5.88 Å². The average Bonchev–Trinajstić information content (AvgIpc) is 2.51. The molecule has 2 rings (SSSR count). The molecule has 1 aromatic rings. The molecule has 0 unspecified atom stereocenters. The Labute approximate surface area is 123 Å². The summed E-state index contributed by atoms with van der Waals surface area (Å²) in [7, 11) is -0.415. The van der Waals surface area contributed by atoms with Gasteiger partial charge in [0.25, 0.3) is 0 Å². The maximum atomic E-state index is 6.03. The van der Waals surface area contributed by atoms with E-state index in [1.807, 2.05) is 40.7 Å².